The Kier molecular flexibility index (Phi) is 3.88. The van der Waals surface area contributed by atoms with Gasteiger partial charge in [-0.3, -0.25) is 0 Å². The van der Waals surface area contributed by atoms with Crippen LogP contribution in [-0.2, 0) is 0 Å². The Morgan fingerprint density at radius 1 is 1.44 bits per heavy atom. The fourth-order valence-electron chi connectivity index (χ4n) is 1.47. The number of nitrogens with one attached hydrogen (secondary N) is 1. The van der Waals surface area contributed by atoms with Gasteiger partial charge in [0.25, 0.3) is 0 Å². The molecule has 0 aliphatic carbocycles. The van der Waals surface area contributed by atoms with Gasteiger partial charge in [-0.05, 0) is 24.6 Å². The quantitative estimate of drug-likeness (QED) is 0.851. The van der Waals surface area contributed by atoms with E-state index in [-0.39, 0.29) is 4.99 Å². The zero-order chi connectivity index (χ0) is 13.1. The van der Waals surface area contributed by atoms with Crippen LogP contribution in [0.1, 0.15) is 11.1 Å². The van der Waals surface area contributed by atoms with Crippen LogP contribution in [0.2, 0.25) is 0 Å². The van der Waals surface area contributed by atoms with Crippen molar-refractivity contribution in [1.29, 1.82) is 0 Å². The molecule has 0 spiro atoms. The van der Waals surface area contributed by atoms with Crippen LogP contribution in [-0.4, -0.2) is 15.0 Å². The molecule has 0 bridgehead atoms. The molecule has 6 heteroatoms. The molecule has 1 aromatic heterocycles. The predicted octanol–water partition coefficient (Wildman–Crippen LogP) is 2.93. The summed E-state index contributed by atoms with van der Waals surface area (Å²) in [5, 5.41) is 3.21. The van der Waals surface area contributed by atoms with Crippen molar-refractivity contribution in [1.82, 2.24) is 9.97 Å². The first-order valence-electron chi connectivity index (χ1n) is 5.21. The molecule has 0 fully saturated rings. The summed E-state index contributed by atoms with van der Waals surface area (Å²) in [5.41, 5.74) is 8.32. The number of anilines is 2. The minimum Gasteiger partial charge on any atom is -0.389 e. The first-order chi connectivity index (χ1) is 8.58. The lowest BCUT2D eigenvalue weighted by Crippen LogP contribution is -2.13. The van der Waals surface area contributed by atoms with Crippen molar-refractivity contribution in [3.8, 4) is 0 Å². The van der Waals surface area contributed by atoms with Gasteiger partial charge in [0.15, 0.2) is 0 Å². The minimum atomic E-state index is 0.269. The van der Waals surface area contributed by atoms with Gasteiger partial charge >= 0.3 is 0 Å². The van der Waals surface area contributed by atoms with E-state index in [1.54, 1.807) is 6.20 Å². The average molecular weight is 323 g/mol. The Hall–Kier alpha value is -1.53. The molecule has 0 aliphatic rings. The molecule has 4 nitrogen and oxygen atoms in total. The zero-order valence-electron chi connectivity index (χ0n) is 9.64. The summed E-state index contributed by atoms with van der Waals surface area (Å²) < 4.78 is 0.988. The Bertz CT molecular complexity index is 600. The van der Waals surface area contributed by atoms with E-state index in [0.29, 0.717) is 11.4 Å². The Labute approximate surface area is 119 Å². The number of nitrogens with zero attached hydrogens (tertiary/aromatic N) is 2. The van der Waals surface area contributed by atoms with Crippen LogP contribution in [0.25, 0.3) is 0 Å². The topological polar surface area (TPSA) is 63.8 Å². The van der Waals surface area contributed by atoms with Gasteiger partial charge in [-0.2, -0.15) is 0 Å². The van der Waals surface area contributed by atoms with Crippen molar-refractivity contribution in [3.63, 3.8) is 0 Å². The van der Waals surface area contributed by atoms with Crippen LogP contribution in [0, 0.1) is 6.92 Å². The van der Waals surface area contributed by atoms with Gasteiger partial charge in [0, 0.05) is 16.4 Å². The summed E-state index contributed by atoms with van der Waals surface area (Å²) in [6.07, 6.45) is 3.06. The summed E-state index contributed by atoms with van der Waals surface area (Å²) in [6.45, 7) is 2.01. The van der Waals surface area contributed by atoms with E-state index in [4.69, 9.17) is 18.0 Å². The number of rotatable bonds is 3. The Balaban J connectivity index is 2.40. The van der Waals surface area contributed by atoms with Gasteiger partial charge in [0.1, 0.15) is 17.1 Å². The van der Waals surface area contributed by atoms with Crippen LogP contribution in [0.15, 0.2) is 35.2 Å². The third-order valence-electron chi connectivity index (χ3n) is 2.43. The van der Waals surface area contributed by atoms with Gasteiger partial charge in [-0.25, -0.2) is 9.97 Å². The molecule has 1 aromatic carbocycles. The molecule has 0 amide bonds. The second kappa shape index (κ2) is 5.41. The third kappa shape index (κ3) is 2.83. The molecule has 92 valence electrons. The van der Waals surface area contributed by atoms with Crippen molar-refractivity contribution in [2.45, 2.75) is 6.92 Å². The van der Waals surface area contributed by atoms with E-state index >= 15 is 0 Å². The van der Waals surface area contributed by atoms with E-state index in [2.05, 4.69) is 31.2 Å². The number of benzene rings is 1. The second-order valence-electron chi connectivity index (χ2n) is 3.73. The number of aryl methyl sites for hydroxylation is 1. The lowest BCUT2D eigenvalue weighted by Gasteiger charge is -2.11. The molecule has 0 atom stereocenters. The zero-order valence-corrected chi connectivity index (χ0v) is 12.0. The number of halogens is 1. The highest BCUT2D eigenvalue weighted by Gasteiger charge is 2.08. The average Bonchev–Trinajstić information content (AvgIpc) is 2.34. The van der Waals surface area contributed by atoms with Crippen LogP contribution in [0.4, 0.5) is 11.5 Å². The lowest BCUT2D eigenvalue weighted by atomic mass is 10.2. The van der Waals surface area contributed by atoms with Crippen molar-refractivity contribution < 1.29 is 0 Å². The minimum absolute atomic E-state index is 0.269. The molecule has 0 saturated heterocycles. The summed E-state index contributed by atoms with van der Waals surface area (Å²) >= 11 is 8.41. The molecule has 2 rings (SSSR count). The van der Waals surface area contributed by atoms with E-state index in [9.17, 15) is 0 Å². The maximum absolute atomic E-state index is 5.64. The van der Waals surface area contributed by atoms with E-state index in [1.165, 1.54) is 6.33 Å². The molecule has 0 radical (unpaired) electrons. The van der Waals surface area contributed by atoms with E-state index < -0.39 is 0 Å². The van der Waals surface area contributed by atoms with Crippen LogP contribution in [0.5, 0.6) is 0 Å². The first-order valence-corrected chi connectivity index (χ1v) is 6.41. The standard InChI is InChI=1S/C12H11BrN4S/c1-7-2-3-8(13)4-10(7)17-12-9(11(14)18)5-15-6-16-12/h2-6H,1H3,(H2,14,18)(H,15,16,17). The maximum atomic E-state index is 5.64. The van der Waals surface area contributed by atoms with Crippen LogP contribution >= 0.6 is 28.1 Å². The molecule has 2 aromatic rings. The van der Waals surface area contributed by atoms with Crippen molar-refractivity contribution in [2.24, 2.45) is 5.73 Å². The number of nitrogens with two attached hydrogens (primary N) is 1. The second-order valence-corrected chi connectivity index (χ2v) is 5.09. The van der Waals surface area contributed by atoms with Gasteiger partial charge < -0.3 is 11.1 Å². The molecular formula is C12H11BrN4S. The van der Waals surface area contributed by atoms with Gasteiger partial charge in [0.2, 0.25) is 0 Å². The molecular weight excluding hydrogens is 312 g/mol. The molecule has 18 heavy (non-hydrogen) atoms. The summed E-state index contributed by atoms with van der Waals surface area (Å²) in [6, 6.07) is 5.96. The van der Waals surface area contributed by atoms with Crippen LogP contribution in [0.3, 0.4) is 0 Å². The Morgan fingerprint density at radius 3 is 2.94 bits per heavy atom. The Morgan fingerprint density at radius 2 is 2.22 bits per heavy atom. The molecule has 0 aliphatic heterocycles. The highest BCUT2D eigenvalue weighted by molar-refractivity contribution is 9.10. The summed E-state index contributed by atoms with van der Waals surface area (Å²) in [7, 11) is 0. The molecule has 0 unspecified atom stereocenters. The first kappa shape index (κ1) is 12.9. The third-order valence-corrected chi connectivity index (χ3v) is 3.14. The van der Waals surface area contributed by atoms with Crippen molar-refractivity contribution in [2.75, 3.05) is 5.32 Å². The van der Waals surface area contributed by atoms with Crippen LogP contribution < -0.4 is 11.1 Å². The van der Waals surface area contributed by atoms with E-state index in [1.807, 2.05) is 25.1 Å². The SMILES string of the molecule is Cc1ccc(Br)cc1Nc1ncncc1C(N)=S. The van der Waals surface area contributed by atoms with E-state index in [0.717, 1.165) is 15.7 Å². The predicted molar refractivity (Wildman–Crippen MR) is 80.1 cm³/mol. The van der Waals surface area contributed by atoms with Gasteiger partial charge in [-0.1, -0.05) is 34.2 Å². The summed E-state index contributed by atoms with van der Waals surface area (Å²) in [5.74, 6) is 0.610. The highest BCUT2D eigenvalue weighted by Crippen LogP contribution is 2.24. The monoisotopic (exact) mass is 322 g/mol. The fourth-order valence-corrected chi connectivity index (χ4v) is 1.98. The summed E-state index contributed by atoms with van der Waals surface area (Å²) in [4.78, 5) is 8.35. The molecule has 3 N–H and O–H groups in total. The number of hydrogen-bond donors (Lipinski definition) is 2. The lowest BCUT2D eigenvalue weighted by molar-refractivity contribution is 1.16. The normalized spacial score (nSPS) is 10.1. The number of thiocarbonyl (C=S) groups is 1. The van der Waals surface area contributed by atoms with Crippen molar-refractivity contribution in [3.05, 3.63) is 46.3 Å². The fraction of sp³-hybridized carbons (Fsp3) is 0.0833. The maximum Gasteiger partial charge on any atom is 0.144 e. The van der Waals surface area contributed by atoms with Gasteiger partial charge in [0.05, 0.1) is 5.56 Å². The largest absolute Gasteiger partial charge is 0.389 e. The smallest absolute Gasteiger partial charge is 0.144 e. The molecule has 1 heterocycles. The number of hydrogen-bond acceptors (Lipinski definition) is 4. The molecule has 0 saturated carbocycles. The van der Waals surface area contributed by atoms with Crippen molar-refractivity contribution >= 4 is 44.6 Å². The highest BCUT2D eigenvalue weighted by atomic mass is 79.9. The number of aromatic nitrogens is 2. The van der Waals surface area contributed by atoms with Gasteiger partial charge in [-0.15, -0.1) is 0 Å².